The number of ketones is 1. The highest BCUT2D eigenvalue weighted by Gasteiger charge is 2.17. The quantitative estimate of drug-likeness (QED) is 0.534. The van der Waals surface area contributed by atoms with Gasteiger partial charge in [-0.05, 0) is 30.3 Å². The van der Waals surface area contributed by atoms with Crippen molar-refractivity contribution >= 4 is 22.7 Å². The Balaban J connectivity index is 1.38. The Hall–Kier alpha value is -3.48. The predicted octanol–water partition coefficient (Wildman–Crippen LogP) is 3.27. The fourth-order valence-corrected chi connectivity index (χ4v) is 2.98. The number of hydrogen-bond acceptors (Lipinski definition) is 7. The minimum Gasteiger partial charge on any atom is -0.508 e. The van der Waals surface area contributed by atoms with Gasteiger partial charge in [0.25, 0.3) is 0 Å². The Morgan fingerprint density at radius 3 is 2.71 bits per heavy atom. The van der Waals surface area contributed by atoms with Crippen LogP contribution in [-0.2, 0) is 16.0 Å². The number of esters is 1. The molecule has 1 aromatic heterocycles. The summed E-state index contributed by atoms with van der Waals surface area (Å²) in [4.78, 5) is 24.5. The molecule has 1 aliphatic rings. The summed E-state index contributed by atoms with van der Waals surface area (Å²) >= 11 is 0. The van der Waals surface area contributed by atoms with Crippen LogP contribution in [0.3, 0.4) is 0 Å². The van der Waals surface area contributed by atoms with E-state index < -0.39 is 5.97 Å². The molecule has 0 unspecified atom stereocenters. The summed E-state index contributed by atoms with van der Waals surface area (Å²) < 4.78 is 21.6. The number of Topliss-reactive ketones (excluding diaryl/α,β-unsaturated/α-hetero) is 1. The zero-order chi connectivity index (χ0) is 19.5. The van der Waals surface area contributed by atoms with Crippen LogP contribution < -0.4 is 9.47 Å². The van der Waals surface area contributed by atoms with E-state index >= 15 is 0 Å². The fourth-order valence-electron chi connectivity index (χ4n) is 2.98. The van der Waals surface area contributed by atoms with Crippen LogP contribution in [0.15, 0.2) is 47.1 Å². The van der Waals surface area contributed by atoms with Gasteiger partial charge in [-0.3, -0.25) is 9.59 Å². The van der Waals surface area contributed by atoms with Gasteiger partial charge in [-0.25, -0.2) is 0 Å². The van der Waals surface area contributed by atoms with Crippen molar-refractivity contribution < 1.29 is 33.3 Å². The lowest BCUT2D eigenvalue weighted by Crippen LogP contribution is -2.15. The van der Waals surface area contributed by atoms with E-state index in [0.717, 1.165) is 6.42 Å². The summed E-state index contributed by atoms with van der Waals surface area (Å²) in [6, 6.07) is 9.56. The molecule has 28 heavy (non-hydrogen) atoms. The van der Waals surface area contributed by atoms with E-state index in [2.05, 4.69) is 0 Å². The number of fused-ring (bicyclic) bond motifs is 2. The lowest BCUT2D eigenvalue weighted by atomic mass is 10.1. The molecule has 0 saturated carbocycles. The molecule has 0 fully saturated rings. The number of phenols is 1. The first kappa shape index (κ1) is 17.9. The van der Waals surface area contributed by atoms with Crippen molar-refractivity contribution in [1.82, 2.24) is 0 Å². The number of carbonyl (C=O) groups excluding carboxylic acids is 2. The summed E-state index contributed by atoms with van der Waals surface area (Å²) in [5.41, 5.74) is 1.50. The summed E-state index contributed by atoms with van der Waals surface area (Å²) in [6.45, 7) is 0.728. The number of carbonyl (C=O) groups is 2. The van der Waals surface area contributed by atoms with E-state index in [4.69, 9.17) is 18.6 Å². The molecule has 2 aromatic carbocycles. The molecule has 3 aromatic rings. The number of phenolic OH excluding ortho intramolecular Hbond substituents is 1. The number of aromatic hydroxyl groups is 1. The molecule has 0 spiro atoms. The maximum Gasteiger partial charge on any atom is 0.310 e. The molecular weight excluding hydrogens is 364 g/mol. The summed E-state index contributed by atoms with van der Waals surface area (Å²) in [5, 5.41) is 10.2. The summed E-state index contributed by atoms with van der Waals surface area (Å²) in [7, 11) is 0. The monoisotopic (exact) mass is 382 g/mol. The van der Waals surface area contributed by atoms with Gasteiger partial charge in [0.2, 0.25) is 0 Å². The number of hydrogen-bond donors (Lipinski definition) is 1. The van der Waals surface area contributed by atoms with E-state index in [1.165, 1.54) is 18.4 Å². The van der Waals surface area contributed by atoms with Crippen LogP contribution in [0.5, 0.6) is 17.2 Å². The standard InChI is InChI=1S/C21H18O7/c22-15-3-4-16-14(11-27-19(16)10-15)9-21(24)28-12-17(23)13-2-5-18-20(8-13)26-7-1-6-25-18/h2-5,8,10-11,22H,1,6-7,9,12H2. The maximum absolute atomic E-state index is 12.4. The van der Waals surface area contributed by atoms with Crippen molar-refractivity contribution in [1.29, 1.82) is 0 Å². The number of rotatable bonds is 5. The van der Waals surface area contributed by atoms with E-state index in [1.807, 2.05) is 0 Å². The molecule has 144 valence electrons. The highest BCUT2D eigenvalue weighted by molar-refractivity contribution is 5.98. The van der Waals surface area contributed by atoms with Crippen LogP contribution in [0.2, 0.25) is 0 Å². The average Bonchev–Trinajstić information content (AvgIpc) is 2.92. The molecule has 1 N–H and O–H groups in total. The topological polar surface area (TPSA) is 95.2 Å². The van der Waals surface area contributed by atoms with Gasteiger partial charge in [0.1, 0.15) is 11.3 Å². The fraction of sp³-hybridized carbons (Fsp3) is 0.238. The summed E-state index contributed by atoms with van der Waals surface area (Å²) in [6.07, 6.45) is 2.18. The molecule has 7 nitrogen and oxygen atoms in total. The van der Waals surface area contributed by atoms with Crippen LogP contribution in [0.1, 0.15) is 22.3 Å². The van der Waals surface area contributed by atoms with Gasteiger partial charge in [-0.1, -0.05) is 0 Å². The smallest absolute Gasteiger partial charge is 0.310 e. The van der Waals surface area contributed by atoms with Gasteiger partial charge in [0, 0.05) is 29.0 Å². The third kappa shape index (κ3) is 3.78. The van der Waals surface area contributed by atoms with Gasteiger partial charge in [-0.15, -0.1) is 0 Å². The zero-order valence-corrected chi connectivity index (χ0v) is 15.0. The molecule has 0 aliphatic carbocycles. The third-order valence-electron chi connectivity index (χ3n) is 4.41. The van der Waals surface area contributed by atoms with Crippen molar-refractivity contribution in [2.45, 2.75) is 12.8 Å². The van der Waals surface area contributed by atoms with Crippen molar-refractivity contribution in [2.75, 3.05) is 19.8 Å². The minimum absolute atomic E-state index is 0.0355. The van der Waals surface area contributed by atoms with Crippen molar-refractivity contribution in [2.24, 2.45) is 0 Å². The first-order valence-electron chi connectivity index (χ1n) is 8.88. The van der Waals surface area contributed by atoms with Crippen molar-refractivity contribution in [3.63, 3.8) is 0 Å². The highest BCUT2D eigenvalue weighted by Crippen LogP contribution is 2.30. The number of benzene rings is 2. The lowest BCUT2D eigenvalue weighted by molar-refractivity contribution is -0.141. The number of furan rings is 1. The van der Waals surface area contributed by atoms with Crippen LogP contribution >= 0.6 is 0 Å². The van der Waals surface area contributed by atoms with E-state index in [-0.39, 0.29) is 24.6 Å². The van der Waals surface area contributed by atoms with Crippen molar-refractivity contribution in [3.05, 3.63) is 53.8 Å². The second-order valence-electron chi connectivity index (χ2n) is 6.41. The molecule has 7 heteroatoms. The first-order valence-corrected chi connectivity index (χ1v) is 8.88. The van der Waals surface area contributed by atoms with Gasteiger partial charge >= 0.3 is 5.97 Å². The molecule has 0 radical (unpaired) electrons. The van der Waals surface area contributed by atoms with Gasteiger partial charge in [0.05, 0.1) is 25.9 Å². The lowest BCUT2D eigenvalue weighted by Gasteiger charge is -2.09. The zero-order valence-electron chi connectivity index (χ0n) is 15.0. The second kappa shape index (κ2) is 7.64. The third-order valence-corrected chi connectivity index (χ3v) is 4.41. The molecule has 4 rings (SSSR count). The van der Waals surface area contributed by atoms with Gasteiger partial charge in [-0.2, -0.15) is 0 Å². The van der Waals surface area contributed by atoms with Gasteiger partial charge in [0.15, 0.2) is 23.9 Å². The molecule has 2 heterocycles. The van der Waals surface area contributed by atoms with Crippen LogP contribution in [0.25, 0.3) is 11.0 Å². The molecule has 0 amide bonds. The summed E-state index contributed by atoms with van der Waals surface area (Å²) in [5.74, 6) is 0.327. The van der Waals surface area contributed by atoms with Crippen LogP contribution in [0, 0.1) is 0 Å². The van der Waals surface area contributed by atoms with Crippen LogP contribution in [-0.4, -0.2) is 36.7 Å². The van der Waals surface area contributed by atoms with E-state index in [9.17, 15) is 14.7 Å². The second-order valence-corrected chi connectivity index (χ2v) is 6.41. The van der Waals surface area contributed by atoms with Gasteiger partial charge < -0.3 is 23.7 Å². The predicted molar refractivity (Wildman–Crippen MR) is 98.9 cm³/mol. The molecular formula is C21H18O7. The molecule has 0 atom stereocenters. The molecule has 0 saturated heterocycles. The minimum atomic E-state index is -0.543. The van der Waals surface area contributed by atoms with Crippen molar-refractivity contribution in [3.8, 4) is 17.2 Å². The molecule has 1 aliphatic heterocycles. The Morgan fingerprint density at radius 1 is 1.04 bits per heavy atom. The number of ether oxygens (including phenoxy) is 3. The maximum atomic E-state index is 12.4. The normalized spacial score (nSPS) is 13.1. The highest BCUT2D eigenvalue weighted by atomic mass is 16.5. The Labute approximate surface area is 160 Å². The molecule has 0 bridgehead atoms. The van der Waals surface area contributed by atoms with Crippen LogP contribution in [0.4, 0.5) is 0 Å². The largest absolute Gasteiger partial charge is 0.508 e. The average molecular weight is 382 g/mol. The van der Waals surface area contributed by atoms with E-state index in [0.29, 0.717) is 46.8 Å². The SMILES string of the molecule is O=C(Cc1coc2cc(O)ccc12)OCC(=O)c1ccc2c(c1)OCCCO2. The Bertz CT molecular complexity index is 1030. The Morgan fingerprint density at radius 2 is 1.86 bits per heavy atom. The Kier molecular flexibility index (Phi) is 4.89. The first-order chi connectivity index (χ1) is 13.6. The van der Waals surface area contributed by atoms with E-state index in [1.54, 1.807) is 24.3 Å².